The highest BCUT2D eigenvalue weighted by molar-refractivity contribution is 7.15. The molecular weight excluding hydrogens is 424 g/mol. The third-order valence-electron chi connectivity index (χ3n) is 6.07. The molecular formula is C23H24N6O2S. The van der Waals surface area contributed by atoms with Gasteiger partial charge >= 0.3 is 0 Å². The Balaban J connectivity index is 1.25. The summed E-state index contributed by atoms with van der Waals surface area (Å²) >= 11 is 1.69. The number of rotatable bonds is 5. The summed E-state index contributed by atoms with van der Waals surface area (Å²) in [7, 11) is 0. The lowest BCUT2D eigenvalue weighted by molar-refractivity contribution is 0.126. The van der Waals surface area contributed by atoms with Crippen LogP contribution in [-0.2, 0) is 13.0 Å². The van der Waals surface area contributed by atoms with Crippen LogP contribution >= 0.6 is 11.3 Å². The van der Waals surface area contributed by atoms with Crippen molar-refractivity contribution in [2.75, 3.05) is 19.7 Å². The van der Waals surface area contributed by atoms with Crippen molar-refractivity contribution in [1.29, 1.82) is 0 Å². The predicted molar refractivity (Wildman–Crippen MR) is 121 cm³/mol. The molecule has 2 aliphatic heterocycles. The summed E-state index contributed by atoms with van der Waals surface area (Å²) in [5.41, 5.74) is 3.39. The molecule has 5 heterocycles. The number of hydrogen-bond acceptors (Lipinski definition) is 8. The Morgan fingerprint density at radius 2 is 2.12 bits per heavy atom. The molecule has 8 nitrogen and oxygen atoms in total. The van der Waals surface area contributed by atoms with E-state index in [2.05, 4.69) is 52.0 Å². The maximum atomic E-state index is 6.15. The Morgan fingerprint density at radius 3 is 2.94 bits per heavy atom. The number of aromatic nitrogens is 5. The van der Waals surface area contributed by atoms with Crippen LogP contribution in [0.5, 0.6) is 5.75 Å². The summed E-state index contributed by atoms with van der Waals surface area (Å²) < 4.78 is 13.4. The van der Waals surface area contributed by atoms with E-state index in [0.717, 1.165) is 59.8 Å². The van der Waals surface area contributed by atoms with Gasteiger partial charge in [0.05, 0.1) is 25.0 Å². The average Bonchev–Trinajstić information content (AvgIpc) is 3.49. The van der Waals surface area contributed by atoms with Crippen LogP contribution in [0.3, 0.4) is 0 Å². The average molecular weight is 449 g/mol. The number of thiazole rings is 1. The normalized spacial score (nSPS) is 16.3. The predicted octanol–water partition coefficient (Wildman–Crippen LogP) is 4.17. The first kappa shape index (κ1) is 19.6. The standard InChI is InChI=1S/C23H24N6O2S/c1-14(2)29-22(25-13-26-29)23-27-21-17-4-3-15(9-18(17)30-7-5-19(21)32-23)16-10-28(11-16)12-20-24-6-8-31-20/h3-4,6,8-9,13-14,16H,5,7,10-12H2,1-2H3. The minimum absolute atomic E-state index is 0.236. The van der Waals surface area contributed by atoms with Gasteiger partial charge in [-0.25, -0.2) is 19.6 Å². The highest BCUT2D eigenvalue weighted by Crippen LogP contribution is 2.42. The zero-order valence-corrected chi connectivity index (χ0v) is 18.9. The topological polar surface area (TPSA) is 82.1 Å². The number of oxazole rings is 1. The molecule has 1 aromatic carbocycles. The molecule has 3 aromatic heterocycles. The Morgan fingerprint density at radius 1 is 1.22 bits per heavy atom. The quantitative estimate of drug-likeness (QED) is 0.453. The summed E-state index contributed by atoms with van der Waals surface area (Å²) in [6, 6.07) is 6.83. The van der Waals surface area contributed by atoms with Crippen molar-refractivity contribution < 1.29 is 9.15 Å². The van der Waals surface area contributed by atoms with Crippen LogP contribution in [-0.4, -0.2) is 49.3 Å². The van der Waals surface area contributed by atoms with Crippen molar-refractivity contribution in [1.82, 2.24) is 29.6 Å². The van der Waals surface area contributed by atoms with Gasteiger partial charge in [-0.3, -0.25) is 4.90 Å². The van der Waals surface area contributed by atoms with Crippen molar-refractivity contribution in [3.8, 4) is 27.8 Å². The minimum Gasteiger partial charge on any atom is -0.492 e. The number of ether oxygens (including phenoxy) is 1. The molecule has 1 saturated heterocycles. The lowest BCUT2D eigenvalue weighted by atomic mass is 9.90. The Bertz CT molecular complexity index is 1240. The summed E-state index contributed by atoms with van der Waals surface area (Å²) in [5.74, 6) is 3.03. The maximum Gasteiger partial charge on any atom is 0.208 e. The largest absolute Gasteiger partial charge is 0.492 e. The molecule has 0 saturated carbocycles. The number of likely N-dealkylation sites (tertiary alicyclic amines) is 1. The first-order valence-corrected chi connectivity index (χ1v) is 11.7. The van der Waals surface area contributed by atoms with Crippen LogP contribution in [0.15, 0.2) is 41.4 Å². The van der Waals surface area contributed by atoms with Crippen LogP contribution in [0.1, 0.15) is 42.1 Å². The summed E-state index contributed by atoms with van der Waals surface area (Å²) in [6.07, 6.45) is 5.78. The van der Waals surface area contributed by atoms with Gasteiger partial charge in [0.15, 0.2) is 10.8 Å². The van der Waals surface area contributed by atoms with Crippen LogP contribution < -0.4 is 4.74 Å². The van der Waals surface area contributed by atoms with Gasteiger partial charge in [0.25, 0.3) is 0 Å². The molecule has 1 fully saturated rings. The SMILES string of the molecule is CC(C)n1ncnc1-c1nc2c(s1)CCOc1cc(C3CN(Cc4ncco4)C3)ccc1-2. The molecule has 32 heavy (non-hydrogen) atoms. The molecule has 0 unspecified atom stereocenters. The molecule has 4 aromatic rings. The van der Waals surface area contributed by atoms with E-state index in [0.29, 0.717) is 12.5 Å². The lowest BCUT2D eigenvalue weighted by Crippen LogP contribution is -2.44. The molecule has 0 bridgehead atoms. The van der Waals surface area contributed by atoms with Gasteiger partial charge in [0.1, 0.15) is 18.3 Å². The van der Waals surface area contributed by atoms with Crippen LogP contribution in [0.25, 0.3) is 22.1 Å². The fourth-order valence-electron chi connectivity index (χ4n) is 4.40. The van der Waals surface area contributed by atoms with Crippen molar-refractivity contribution in [2.24, 2.45) is 0 Å². The molecule has 0 atom stereocenters. The zero-order chi connectivity index (χ0) is 21.7. The second kappa shape index (κ2) is 7.83. The van der Waals surface area contributed by atoms with Gasteiger partial charge in [-0.2, -0.15) is 5.10 Å². The highest BCUT2D eigenvalue weighted by atomic mass is 32.1. The second-order valence-corrected chi connectivity index (χ2v) is 9.67. The Labute approximate surface area is 189 Å². The van der Waals surface area contributed by atoms with E-state index in [9.17, 15) is 0 Å². The second-order valence-electron chi connectivity index (χ2n) is 8.58. The summed E-state index contributed by atoms with van der Waals surface area (Å²) in [4.78, 5) is 17.3. The van der Waals surface area contributed by atoms with E-state index in [1.807, 2.05) is 4.68 Å². The summed E-state index contributed by atoms with van der Waals surface area (Å²) in [6.45, 7) is 7.62. The van der Waals surface area contributed by atoms with E-state index >= 15 is 0 Å². The summed E-state index contributed by atoms with van der Waals surface area (Å²) in [5, 5.41) is 5.29. The first-order chi connectivity index (χ1) is 15.7. The van der Waals surface area contributed by atoms with Crippen molar-refractivity contribution in [3.63, 3.8) is 0 Å². The van der Waals surface area contributed by atoms with E-state index in [1.165, 1.54) is 10.4 Å². The molecule has 0 aliphatic carbocycles. The first-order valence-electron chi connectivity index (χ1n) is 10.9. The van der Waals surface area contributed by atoms with Gasteiger partial charge < -0.3 is 9.15 Å². The number of fused-ring (bicyclic) bond motifs is 3. The van der Waals surface area contributed by atoms with Crippen molar-refractivity contribution in [3.05, 3.63) is 53.3 Å². The number of benzene rings is 1. The minimum atomic E-state index is 0.236. The number of hydrogen-bond donors (Lipinski definition) is 0. The fraction of sp³-hybridized carbons (Fsp3) is 0.391. The van der Waals surface area contributed by atoms with Gasteiger partial charge in [-0.05, 0) is 31.5 Å². The van der Waals surface area contributed by atoms with Gasteiger partial charge in [-0.15, -0.1) is 11.3 Å². The van der Waals surface area contributed by atoms with Crippen LogP contribution in [0, 0.1) is 0 Å². The van der Waals surface area contributed by atoms with Crippen LogP contribution in [0.4, 0.5) is 0 Å². The maximum absolute atomic E-state index is 6.15. The molecule has 6 rings (SSSR count). The number of nitrogens with zero attached hydrogens (tertiary/aromatic N) is 6. The van der Waals surface area contributed by atoms with E-state index < -0.39 is 0 Å². The van der Waals surface area contributed by atoms with Gasteiger partial charge in [0, 0.05) is 41.9 Å². The molecule has 0 spiro atoms. The Kier molecular flexibility index (Phi) is 4.80. The molecule has 0 amide bonds. The molecule has 2 aliphatic rings. The molecule has 0 radical (unpaired) electrons. The third kappa shape index (κ3) is 3.41. The van der Waals surface area contributed by atoms with Gasteiger partial charge in [-0.1, -0.05) is 6.07 Å². The lowest BCUT2D eigenvalue weighted by Gasteiger charge is -2.38. The van der Waals surface area contributed by atoms with Crippen molar-refractivity contribution in [2.45, 2.75) is 38.8 Å². The zero-order valence-electron chi connectivity index (χ0n) is 18.1. The van der Waals surface area contributed by atoms with Crippen molar-refractivity contribution >= 4 is 11.3 Å². The molecule has 164 valence electrons. The smallest absolute Gasteiger partial charge is 0.208 e. The highest BCUT2D eigenvalue weighted by Gasteiger charge is 2.30. The fourth-order valence-corrected chi connectivity index (χ4v) is 5.45. The molecule has 0 N–H and O–H groups in total. The Hall–Kier alpha value is -3.04. The van der Waals surface area contributed by atoms with E-state index in [1.54, 1.807) is 30.1 Å². The van der Waals surface area contributed by atoms with E-state index in [4.69, 9.17) is 14.1 Å². The molecule has 9 heteroatoms. The third-order valence-corrected chi connectivity index (χ3v) is 7.18. The van der Waals surface area contributed by atoms with E-state index in [-0.39, 0.29) is 6.04 Å². The van der Waals surface area contributed by atoms with Gasteiger partial charge in [0.2, 0.25) is 5.89 Å². The monoisotopic (exact) mass is 448 g/mol. The van der Waals surface area contributed by atoms with Crippen LogP contribution in [0.2, 0.25) is 0 Å².